The molecule has 118 valence electrons. The van der Waals surface area contributed by atoms with Gasteiger partial charge in [-0.15, -0.1) is 0 Å². The third-order valence-corrected chi connectivity index (χ3v) is 4.73. The van der Waals surface area contributed by atoms with Gasteiger partial charge in [-0.2, -0.15) is 0 Å². The third-order valence-electron chi connectivity index (χ3n) is 3.35. The highest BCUT2D eigenvalue weighted by molar-refractivity contribution is 7.92. The minimum atomic E-state index is -3.75. The summed E-state index contributed by atoms with van der Waals surface area (Å²) in [6.45, 7) is 0. The number of benzene rings is 2. The van der Waals surface area contributed by atoms with Gasteiger partial charge >= 0.3 is 0 Å². The molecule has 3 aromatic rings. The molecule has 0 saturated heterocycles. The number of fused-ring (bicyclic) bond motifs is 1. The number of nitrogens with two attached hydrogens (primary N) is 1. The summed E-state index contributed by atoms with van der Waals surface area (Å²) >= 11 is 0. The Labute approximate surface area is 134 Å². The zero-order chi connectivity index (χ0) is 16.4. The first kappa shape index (κ1) is 15.1. The molecule has 1 heterocycles. The van der Waals surface area contributed by atoms with Crippen LogP contribution in [0.2, 0.25) is 0 Å². The smallest absolute Gasteiger partial charge is 0.261 e. The largest absolute Gasteiger partial charge is 0.497 e. The van der Waals surface area contributed by atoms with Crippen molar-refractivity contribution in [2.45, 2.75) is 4.90 Å². The van der Waals surface area contributed by atoms with Crippen LogP contribution in [0.1, 0.15) is 0 Å². The van der Waals surface area contributed by atoms with Crippen molar-refractivity contribution in [3.05, 3.63) is 54.7 Å². The maximum absolute atomic E-state index is 12.5. The normalized spacial score (nSPS) is 11.3. The number of hydrogen-bond acceptors (Lipinski definition) is 5. The SMILES string of the molecule is COc1cc(NS(=O)(=O)c2ccc(N)cc2)c2ncccc2c1. The van der Waals surface area contributed by atoms with Crippen molar-refractivity contribution >= 4 is 32.3 Å². The van der Waals surface area contributed by atoms with Crippen molar-refractivity contribution in [3.8, 4) is 5.75 Å². The van der Waals surface area contributed by atoms with Crippen molar-refractivity contribution in [3.63, 3.8) is 0 Å². The van der Waals surface area contributed by atoms with Crippen LogP contribution in [0.15, 0.2) is 59.6 Å². The number of sulfonamides is 1. The standard InChI is InChI=1S/C16H15N3O3S/c1-22-13-9-11-3-2-8-18-16(11)15(10-13)19-23(20,21)14-6-4-12(17)5-7-14/h2-10,19H,17H2,1H3. The first-order chi connectivity index (χ1) is 11.0. The van der Waals surface area contributed by atoms with Crippen LogP contribution in [0.5, 0.6) is 5.75 Å². The molecule has 7 heteroatoms. The number of aromatic nitrogens is 1. The molecule has 0 aliphatic heterocycles. The Morgan fingerprint density at radius 1 is 1.13 bits per heavy atom. The molecule has 0 unspecified atom stereocenters. The lowest BCUT2D eigenvalue weighted by molar-refractivity contribution is 0.415. The first-order valence-corrected chi connectivity index (χ1v) is 8.29. The minimum Gasteiger partial charge on any atom is -0.497 e. The van der Waals surface area contributed by atoms with Crippen LogP contribution >= 0.6 is 0 Å². The summed E-state index contributed by atoms with van der Waals surface area (Å²) < 4.78 is 32.9. The van der Waals surface area contributed by atoms with Gasteiger partial charge in [0.15, 0.2) is 0 Å². The molecule has 0 fully saturated rings. The van der Waals surface area contributed by atoms with Gasteiger partial charge in [0.05, 0.1) is 23.2 Å². The molecular formula is C16H15N3O3S. The Morgan fingerprint density at radius 3 is 2.57 bits per heavy atom. The van der Waals surface area contributed by atoms with E-state index in [-0.39, 0.29) is 4.90 Å². The van der Waals surface area contributed by atoms with E-state index in [1.807, 2.05) is 6.07 Å². The van der Waals surface area contributed by atoms with Gasteiger partial charge in [0.2, 0.25) is 0 Å². The fourth-order valence-corrected chi connectivity index (χ4v) is 3.27. The summed E-state index contributed by atoms with van der Waals surface area (Å²) in [6.07, 6.45) is 1.61. The van der Waals surface area contributed by atoms with E-state index in [1.165, 1.54) is 31.4 Å². The fourth-order valence-electron chi connectivity index (χ4n) is 2.21. The number of ether oxygens (including phenoxy) is 1. The topological polar surface area (TPSA) is 94.3 Å². The van der Waals surface area contributed by atoms with Gasteiger partial charge < -0.3 is 10.5 Å². The van der Waals surface area contributed by atoms with Crippen molar-refractivity contribution in [1.29, 1.82) is 0 Å². The number of rotatable bonds is 4. The van der Waals surface area contributed by atoms with E-state index in [0.29, 0.717) is 22.6 Å². The first-order valence-electron chi connectivity index (χ1n) is 6.81. The van der Waals surface area contributed by atoms with Crippen molar-refractivity contribution in [1.82, 2.24) is 4.98 Å². The molecule has 0 bridgehead atoms. The van der Waals surface area contributed by atoms with E-state index >= 15 is 0 Å². The molecule has 1 aromatic heterocycles. The maximum Gasteiger partial charge on any atom is 0.261 e. The van der Waals surface area contributed by atoms with E-state index in [2.05, 4.69) is 9.71 Å². The van der Waals surface area contributed by atoms with Gasteiger partial charge in [0.25, 0.3) is 10.0 Å². The van der Waals surface area contributed by atoms with Gasteiger partial charge in [0, 0.05) is 23.3 Å². The highest BCUT2D eigenvalue weighted by atomic mass is 32.2. The average molecular weight is 329 g/mol. The number of nitrogens with zero attached hydrogens (tertiary/aromatic N) is 1. The van der Waals surface area contributed by atoms with Crippen molar-refractivity contribution in [2.24, 2.45) is 0 Å². The van der Waals surface area contributed by atoms with Crippen molar-refractivity contribution < 1.29 is 13.2 Å². The maximum atomic E-state index is 12.5. The quantitative estimate of drug-likeness (QED) is 0.718. The lowest BCUT2D eigenvalue weighted by Crippen LogP contribution is -2.13. The molecular weight excluding hydrogens is 314 g/mol. The molecule has 0 aliphatic carbocycles. The van der Waals surface area contributed by atoms with Crippen LogP contribution in [0, 0.1) is 0 Å². The molecule has 6 nitrogen and oxygen atoms in total. The van der Waals surface area contributed by atoms with E-state index in [1.54, 1.807) is 24.4 Å². The van der Waals surface area contributed by atoms with E-state index in [9.17, 15) is 8.42 Å². The number of pyridine rings is 1. The van der Waals surface area contributed by atoms with Crippen LogP contribution < -0.4 is 15.2 Å². The number of methoxy groups -OCH3 is 1. The molecule has 0 radical (unpaired) electrons. The van der Waals surface area contributed by atoms with E-state index in [4.69, 9.17) is 10.5 Å². The summed E-state index contributed by atoms with van der Waals surface area (Å²) in [4.78, 5) is 4.37. The monoisotopic (exact) mass is 329 g/mol. The lowest BCUT2D eigenvalue weighted by Gasteiger charge is -2.12. The third kappa shape index (κ3) is 3.04. The Morgan fingerprint density at radius 2 is 1.87 bits per heavy atom. The van der Waals surface area contributed by atoms with Gasteiger partial charge in [-0.25, -0.2) is 8.42 Å². The Balaban J connectivity index is 2.08. The highest BCUT2D eigenvalue weighted by Gasteiger charge is 2.16. The fraction of sp³-hybridized carbons (Fsp3) is 0.0625. The molecule has 23 heavy (non-hydrogen) atoms. The Hall–Kier alpha value is -2.80. The van der Waals surface area contributed by atoms with Gasteiger partial charge in [-0.1, -0.05) is 6.07 Å². The molecule has 0 spiro atoms. The molecule has 0 amide bonds. The second-order valence-electron chi connectivity index (χ2n) is 4.92. The highest BCUT2D eigenvalue weighted by Crippen LogP contribution is 2.29. The zero-order valence-corrected chi connectivity index (χ0v) is 13.2. The lowest BCUT2D eigenvalue weighted by atomic mass is 10.2. The van der Waals surface area contributed by atoms with Crippen LogP contribution in [-0.4, -0.2) is 20.5 Å². The van der Waals surface area contributed by atoms with Crippen LogP contribution in [0.3, 0.4) is 0 Å². The predicted octanol–water partition coefficient (Wildman–Crippen LogP) is 2.63. The molecule has 0 saturated carbocycles. The summed E-state index contributed by atoms with van der Waals surface area (Å²) in [5.41, 5.74) is 7.00. The van der Waals surface area contributed by atoms with Crippen LogP contribution in [0.4, 0.5) is 11.4 Å². The van der Waals surface area contributed by atoms with Crippen LogP contribution in [-0.2, 0) is 10.0 Å². The summed E-state index contributed by atoms with van der Waals surface area (Å²) in [5.74, 6) is 0.542. The molecule has 0 aliphatic rings. The second kappa shape index (κ2) is 5.77. The van der Waals surface area contributed by atoms with E-state index < -0.39 is 10.0 Å². The van der Waals surface area contributed by atoms with Gasteiger partial charge in [-0.3, -0.25) is 9.71 Å². The minimum absolute atomic E-state index is 0.124. The molecule has 0 atom stereocenters. The van der Waals surface area contributed by atoms with Crippen molar-refractivity contribution in [2.75, 3.05) is 17.6 Å². The second-order valence-corrected chi connectivity index (χ2v) is 6.61. The summed E-state index contributed by atoms with van der Waals surface area (Å²) in [7, 11) is -2.22. The van der Waals surface area contributed by atoms with Gasteiger partial charge in [-0.05, 0) is 36.4 Å². The molecule has 3 rings (SSSR count). The Kier molecular flexibility index (Phi) is 3.79. The molecule has 3 N–H and O–H groups in total. The Bertz CT molecular complexity index is 954. The number of anilines is 2. The number of hydrogen-bond donors (Lipinski definition) is 2. The number of nitrogens with one attached hydrogen (secondary N) is 1. The summed E-state index contributed by atoms with van der Waals surface area (Å²) in [5, 5.41) is 0.779. The molecule has 2 aromatic carbocycles. The summed E-state index contributed by atoms with van der Waals surface area (Å²) in [6, 6.07) is 13.0. The number of nitrogen functional groups attached to an aromatic ring is 1. The van der Waals surface area contributed by atoms with E-state index in [0.717, 1.165) is 5.39 Å². The average Bonchev–Trinajstić information content (AvgIpc) is 2.54. The van der Waals surface area contributed by atoms with Gasteiger partial charge in [0.1, 0.15) is 5.75 Å². The zero-order valence-electron chi connectivity index (χ0n) is 12.4. The predicted molar refractivity (Wildman–Crippen MR) is 90.0 cm³/mol. The van der Waals surface area contributed by atoms with Crippen LogP contribution in [0.25, 0.3) is 10.9 Å².